The number of halogens is 6. The van der Waals surface area contributed by atoms with Crippen LogP contribution >= 0.6 is 11.6 Å². The Morgan fingerprint density at radius 1 is 1.23 bits per heavy atom. The van der Waals surface area contributed by atoms with E-state index in [-0.39, 0.29) is 60.0 Å². The number of piperidine rings is 1. The summed E-state index contributed by atoms with van der Waals surface area (Å²) in [6.07, 6.45) is -5.05. The summed E-state index contributed by atoms with van der Waals surface area (Å²) in [5.74, 6) is -1.28. The van der Waals surface area contributed by atoms with Crippen molar-refractivity contribution in [1.29, 1.82) is 0 Å². The molecule has 0 radical (unpaired) electrons. The molecule has 2 aromatic rings. The van der Waals surface area contributed by atoms with Crippen LogP contribution in [0.1, 0.15) is 49.7 Å². The quantitative estimate of drug-likeness (QED) is 0.334. The minimum absolute atomic E-state index is 0.00687. The molecular formula is C26H32ClF5N4O6S. The predicted octanol–water partition coefficient (Wildman–Crippen LogP) is 5.24. The van der Waals surface area contributed by atoms with E-state index in [0.29, 0.717) is 0 Å². The lowest BCUT2D eigenvalue weighted by atomic mass is 9.84. The molecule has 10 nitrogen and oxygen atoms in total. The Hall–Kier alpha value is -3.14. The molecule has 2 heterocycles. The Morgan fingerprint density at radius 3 is 2.42 bits per heavy atom. The van der Waals surface area contributed by atoms with E-state index in [1.165, 1.54) is 16.8 Å². The standard InChI is InChI=1S/C26H32ClF5N4O6S/c1-5-36-21(17-9-6-14(10-18(17)42-23(28)29)11-25(2,3)26(30,31)32)19(27)20(34-36)22(37)33-12-15-7-8-16(43(4,40)41)13-35(15)24(38)39/h6,9-10,15-16,23H,5,7-8,11-13H2,1-4H3,(H,33,37)(H,38,39). The Balaban J connectivity index is 1.91. The largest absolute Gasteiger partial charge is 0.465 e. The average Bonchev–Trinajstić information content (AvgIpc) is 3.21. The Bertz CT molecular complexity index is 1460. The molecule has 17 heteroatoms. The van der Waals surface area contributed by atoms with Crippen LogP contribution in [0, 0.1) is 5.41 Å². The molecule has 240 valence electrons. The van der Waals surface area contributed by atoms with Crippen LogP contribution in [0.25, 0.3) is 11.3 Å². The molecule has 1 aromatic heterocycles. The number of amides is 2. The van der Waals surface area contributed by atoms with Gasteiger partial charge in [0.25, 0.3) is 5.91 Å². The number of likely N-dealkylation sites (tertiary alicyclic amines) is 1. The Morgan fingerprint density at radius 2 is 1.88 bits per heavy atom. The van der Waals surface area contributed by atoms with E-state index in [1.807, 2.05) is 0 Å². The number of aromatic nitrogens is 2. The van der Waals surface area contributed by atoms with Gasteiger partial charge in [0.05, 0.1) is 27.4 Å². The van der Waals surface area contributed by atoms with E-state index >= 15 is 0 Å². The molecule has 1 saturated heterocycles. The number of nitrogens with zero attached hydrogens (tertiary/aromatic N) is 3. The van der Waals surface area contributed by atoms with Gasteiger partial charge in [-0.2, -0.15) is 27.1 Å². The Labute approximate surface area is 250 Å². The third kappa shape index (κ3) is 7.88. The van der Waals surface area contributed by atoms with Crippen LogP contribution < -0.4 is 10.1 Å². The zero-order valence-corrected chi connectivity index (χ0v) is 25.3. The minimum atomic E-state index is -4.56. The van der Waals surface area contributed by atoms with Gasteiger partial charge >= 0.3 is 18.9 Å². The van der Waals surface area contributed by atoms with Crippen LogP contribution in [0.15, 0.2) is 18.2 Å². The number of nitrogens with one attached hydrogen (secondary N) is 1. The number of hydrogen-bond donors (Lipinski definition) is 2. The SMILES string of the molecule is CCn1nc(C(=O)NCC2CCC(S(C)(=O)=O)CN2C(=O)O)c(Cl)c1-c1ccc(CC(C)(C)C(F)(F)F)cc1OC(F)F. The Kier molecular flexibility index (Phi) is 10.3. The molecule has 2 amide bonds. The van der Waals surface area contributed by atoms with Crippen molar-refractivity contribution >= 4 is 33.4 Å². The zero-order chi connectivity index (χ0) is 32.5. The number of rotatable bonds is 10. The van der Waals surface area contributed by atoms with E-state index in [2.05, 4.69) is 15.2 Å². The lowest BCUT2D eigenvalue weighted by Gasteiger charge is -2.37. The molecule has 43 heavy (non-hydrogen) atoms. The number of aryl methyl sites for hydroxylation is 1. The molecule has 1 aliphatic rings. The second kappa shape index (κ2) is 12.8. The highest BCUT2D eigenvalue weighted by atomic mass is 35.5. The van der Waals surface area contributed by atoms with Crippen molar-refractivity contribution < 1.29 is 49.8 Å². The number of alkyl halides is 5. The molecule has 0 spiro atoms. The fraction of sp³-hybridized carbons (Fsp3) is 0.577. The number of benzene rings is 1. The first-order chi connectivity index (χ1) is 19.8. The second-order valence-electron chi connectivity index (χ2n) is 10.9. The van der Waals surface area contributed by atoms with Crippen LogP contribution in [0.5, 0.6) is 5.75 Å². The fourth-order valence-corrected chi connectivity index (χ4v) is 6.15. The minimum Gasteiger partial charge on any atom is -0.465 e. The van der Waals surface area contributed by atoms with Crippen molar-refractivity contribution in [1.82, 2.24) is 20.0 Å². The molecular weight excluding hydrogens is 627 g/mol. The van der Waals surface area contributed by atoms with Gasteiger partial charge in [0.15, 0.2) is 15.5 Å². The predicted molar refractivity (Wildman–Crippen MR) is 147 cm³/mol. The van der Waals surface area contributed by atoms with Gasteiger partial charge in [-0.1, -0.05) is 31.5 Å². The second-order valence-corrected chi connectivity index (χ2v) is 13.6. The third-order valence-electron chi connectivity index (χ3n) is 7.35. The van der Waals surface area contributed by atoms with Gasteiger partial charge < -0.3 is 20.1 Å². The maximum absolute atomic E-state index is 13.4. The molecule has 2 atom stereocenters. The molecule has 1 fully saturated rings. The highest BCUT2D eigenvalue weighted by Crippen LogP contribution is 2.43. The van der Waals surface area contributed by atoms with E-state index in [1.54, 1.807) is 6.92 Å². The molecule has 2 N–H and O–H groups in total. The number of carbonyl (C=O) groups excluding carboxylic acids is 1. The molecule has 0 aliphatic carbocycles. The lowest BCUT2D eigenvalue weighted by molar-refractivity contribution is -0.211. The van der Waals surface area contributed by atoms with E-state index in [9.17, 15) is 45.1 Å². The number of sulfone groups is 1. The fourth-order valence-electron chi connectivity index (χ4n) is 4.83. The topological polar surface area (TPSA) is 131 Å². The van der Waals surface area contributed by atoms with Gasteiger partial charge in [0, 0.05) is 31.5 Å². The van der Waals surface area contributed by atoms with E-state index in [4.69, 9.17) is 11.6 Å². The molecule has 2 unspecified atom stereocenters. The van der Waals surface area contributed by atoms with Crippen LogP contribution in [0.4, 0.5) is 26.7 Å². The smallest absolute Gasteiger partial charge is 0.407 e. The maximum atomic E-state index is 13.4. The summed E-state index contributed by atoms with van der Waals surface area (Å²) in [5, 5.41) is 15.2. The van der Waals surface area contributed by atoms with Crippen molar-refractivity contribution in [3.63, 3.8) is 0 Å². The number of hydrogen-bond acceptors (Lipinski definition) is 6. The first-order valence-electron chi connectivity index (χ1n) is 13.1. The summed E-state index contributed by atoms with van der Waals surface area (Å²) in [6, 6.07) is 2.91. The third-order valence-corrected chi connectivity index (χ3v) is 9.31. The highest BCUT2D eigenvalue weighted by Gasteiger charge is 2.47. The molecule has 0 saturated carbocycles. The summed E-state index contributed by atoms with van der Waals surface area (Å²) in [5.41, 5.74) is -2.43. The molecule has 1 aromatic carbocycles. The zero-order valence-electron chi connectivity index (χ0n) is 23.7. The van der Waals surface area contributed by atoms with Crippen LogP contribution in [0.2, 0.25) is 5.02 Å². The van der Waals surface area contributed by atoms with Crippen LogP contribution in [-0.4, -0.2) is 83.6 Å². The summed E-state index contributed by atoms with van der Waals surface area (Å²) in [4.78, 5) is 25.8. The van der Waals surface area contributed by atoms with Crippen LogP contribution in [0.3, 0.4) is 0 Å². The summed E-state index contributed by atoms with van der Waals surface area (Å²) in [6.45, 7) is -0.0536. The van der Waals surface area contributed by atoms with Gasteiger partial charge in [-0.3, -0.25) is 9.48 Å². The number of ether oxygens (including phenoxy) is 1. The average molecular weight is 659 g/mol. The molecule has 3 rings (SSSR count). The van der Waals surface area contributed by atoms with E-state index < -0.39 is 63.5 Å². The van der Waals surface area contributed by atoms with Crippen molar-refractivity contribution in [2.45, 2.75) is 70.7 Å². The molecule has 1 aliphatic heterocycles. The van der Waals surface area contributed by atoms with Crippen molar-refractivity contribution in [3.05, 3.63) is 34.5 Å². The first-order valence-corrected chi connectivity index (χ1v) is 15.5. The van der Waals surface area contributed by atoms with E-state index in [0.717, 1.165) is 31.1 Å². The van der Waals surface area contributed by atoms with Gasteiger partial charge in [-0.15, -0.1) is 0 Å². The lowest BCUT2D eigenvalue weighted by Crippen LogP contribution is -2.54. The normalized spacial score (nSPS) is 18.2. The first kappa shape index (κ1) is 34.4. The summed E-state index contributed by atoms with van der Waals surface area (Å²) < 4.78 is 96.7. The summed E-state index contributed by atoms with van der Waals surface area (Å²) in [7, 11) is -3.49. The van der Waals surface area contributed by atoms with Gasteiger partial charge in [0.1, 0.15) is 5.75 Å². The highest BCUT2D eigenvalue weighted by molar-refractivity contribution is 7.91. The maximum Gasteiger partial charge on any atom is 0.407 e. The summed E-state index contributed by atoms with van der Waals surface area (Å²) >= 11 is 6.52. The van der Waals surface area contributed by atoms with Gasteiger partial charge in [-0.25, -0.2) is 13.2 Å². The monoisotopic (exact) mass is 658 g/mol. The van der Waals surface area contributed by atoms with Gasteiger partial charge in [0.2, 0.25) is 0 Å². The van der Waals surface area contributed by atoms with Crippen molar-refractivity contribution in [2.24, 2.45) is 5.41 Å². The van der Waals surface area contributed by atoms with Crippen molar-refractivity contribution in [2.75, 3.05) is 19.3 Å². The van der Waals surface area contributed by atoms with Gasteiger partial charge in [-0.05, 0) is 43.9 Å². The van der Waals surface area contributed by atoms with Crippen molar-refractivity contribution in [3.8, 4) is 17.0 Å². The molecule has 0 bridgehead atoms. The number of carboxylic acid groups (broad SMARTS) is 1. The number of carbonyl (C=O) groups is 2. The van der Waals surface area contributed by atoms with Crippen LogP contribution in [-0.2, 0) is 22.8 Å².